The van der Waals surface area contributed by atoms with Crippen molar-refractivity contribution in [2.24, 2.45) is 5.92 Å². The molecule has 0 spiro atoms. The number of pyridine rings is 1. The number of rotatable bonds is 2. The third-order valence-electron chi connectivity index (χ3n) is 3.07. The molecule has 3 heterocycles. The summed E-state index contributed by atoms with van der Waals surface area (Å²) < 4.78 is 24.5. The first kappa shape index (κ1) is 10.6. The molecule has 1 aliphatic heterocycles. The van der Waals surface area contributed by atoms with E-state index in [4.69, 9.17) is 0 Å². The molecule has 1 atom stereocenters. The second-order valence-electron chi connectivity index (χ2n) is 4.41. The minimum Gasteiger partial charge on any atom is -0.262 e. The Morgan fingerprint density at radius 1 is 1.47 bits per heavy atom. The van der Waals surface area contributed by atoms with Crippen LogP contribution >= 0.6 is 0 Å². The van der Waals surface area contributed by atoms with Crippen LogP contribution in [0.25, 0.3) is 11.0 Å². The third kappa shape index (κ3) is 2.02. The van der Waals surface area contributed by atoms with E-state index in [-0.39, 0.29) is 11.7 Å². The maximum atomic E-state index is 11.4. The van der Waals surface area contributed by atoms with E-state index in [1.165, 1.54) is 0 Å². The number of aromatic nitrogens is 4. The van der Waals surface area contributed by atoms with E-state index < -0.39 is 9.84 Å². The zero-order valence-electron chi connectivity index (χ0n) is 9.15. The molecule has 6 nitrogen and oxygen atoms in total. The van der Waals surface area contributed by atoms with E-state index in [9.17, 15) is 8.42 Å². The topological polar surface area (TPSA) is 77.7 Å². The summed E-state index contributed by atoms with van der Waals surface area (Å²) in [4.78, 5) is 3.97. The van der Waals surface area contributed by atoms with Crippen molar-refractivity contribution >= 4 is 20.9 Å². The quantitative estimate of drug-likeness (QED) is 0.766. The Balaban J connectivity index is 1.86. The van der Waals surface area contributed by atoms with E-state index in [0.717, 1.165) is 17.5 Å². The molecule has 0 N–H and O–H groups in total. The molecule has 0 saturated carbocycles. The van der Waals surface area contributed by atoms with Gasteiger partial charge in [0.05, 0.1) is 23.2 Å². The smallest absolute Gasteiger partial charge is 0.150 e. The van der Waals surface area contributed by atoms with Crippen LogP contribution in [0.15, 0.2) is 18.5 Å². The number of sulfone groups is 1. The third-order valence-corrected chi connectivity index (χ3v) is 4.91. The summed E-state index contributed by atoms with van der Waals surface area (Å²) in [6, 6.07) is 1.85. The maximum Gasteiger partial charge on any atom is 0.150 e. The highest BCUT2D eigenvalue weighted by Crippen LogP contribution is 2.21. The molecule has 0 amide bonds. The zero-order chi connectivity index (χ0) is 11.9. The van der Waals surface area contributed by atoms with Crippen molar-refractivity contribution in [3.8, 4) is 0 Å². The molecule has 0 aromatic carbocycles. The molecule has 90 valence electrons. The van der Waals surface area contributed by atoms with Gasteiger partial charge in [0, 0.05) is 12.7 Å². The number of hydrogen-bond donors (Lipinski definition) is 0. The Hall–Kier alpha value is -1.50. The molecule has 0 bridgehead atoms. The van der Waals surface area contributed by atoms with Crippen molar-refractivity contribution in [3.63, 3.8) is 0 Å². The van der Waals surface area contributed by atoms with E-state index in [0.29, 0.717) is 12.3 Å². The minimum atomic E-state index is -2.83. The summed E-state index contributed by atoms with van der Waals surface area (Å²) in [6.07, 6.45) is 4.06. The van der Waals surface area contributed by atoms with Crippen LogP contribution < -0.4 is 0 Å². The second-order valence-corrected chi connectivity index (χ2v) is 6.63. The Morgan fingerprint density at radius 3 is 3.12 bits per heavy atom. The standard InChI is InChI=1S/C10H12N4O2S/c15-17(16)4-2-8(7-17)6-14-10-1-3-11-5-9(10)12-13-14/h1,3,5,8H,2,4,6-7H2. The number of fused-ring (bicyclic) bond motifs is 1. The Bertz CT molecular complexity index is 649. The van der Waals surface area contributed by atoms with Crippen LogP contribution in [0, 0.1) is 5.92 Å². The van der Waals surface area contributed by atoms with Crippen molar-refractivity contribution in [3.05, 3.63) is 18.5 Å². The van der Waals surface area contributed by atoms with E-state index in [2.05, 4.69) is 15.3 Å². The lowest BCUT2D eigenvalue weighted by molar-refractivity contribution is 0.458. The lowest BCUT2D eigenvalue weighted by atomic mass is 10.1. The first-order chi connectivity index (χ1) is 8.14. The van der Waals surface area contributed by atoms with E-state index in [1.807, 2.05) is 6.07 Å². The van der Waals surface area contributed by atoms with Crippen LogP contribution in [0.4, 0.5) is 0 Å². The molecule has 0 radical (unpaired) electrons. The lowest BCUT2D eigenvalue weighted by Gasteiger charge is -2.07. The van der Waals surface area contributed by atoms with Gasteiger partial charge in [-0.2, -0.15) is 0 Å². The van der Waals surface area contributed by atoms with Gasteiger partial charge < -0.3 is 0 Å². The second kappa shape index (κ2) is 3.76. The van der Waals surface area contributed by atoms with Crippen LogP contribution in [0.3, 0.4) is 0 Å². The van der Waals surface area contributed by atoms with Crippen LogP contribution in [-0.2, 0) is 16.4 Å². The molecule has 2 aromatic rings. The summed E-state index contributed by atoms with van der Waals surface area (Å²) in [5.41, 5.74) is 1.65. The zero-order valence-corrected chi connectivity index (χ0v) is 9.97. The van der Waals surface area contributed by atoms with Gasteiger partial charge in [0.2, 0.25) is 0 Å². The van der Waals surface area contributed by atoms with Crippen LogP contribution in [-0.4, -0.2) is 39.9 Å². The summed E-state index contributed by atoms with van der Waals surface area (Å²) in [7, 11) is -2.83. The molecule has 1 unspecified atom stereocenters. The Kier molecular flexibility index (Phi) is 2.36. The van der Waals surface area contributed by atoms with Gasteiger partial charge in [-0.05, 0) is 18.4 Å². The first-order valence-electron chi connectivity index (χ1n) is 5.48. The first-order valence-corrected chi connectivity index (χ1v) is 7.30. The summed E-state index contributed by atoms with van der Waals surface area (Å²) in [5, 5.41) is 8.04. The predicted molar refractivity (Wildman–Crippen MR) is 62.1 cm³/mol. The fourth-order valence-corrected chi connectivity index (χ4v) is 4.07. The van der Waals surface area contributed by atoms with Gasteiger partial charge >= 0.3 is 0 Å². The predicted octanol–water partition coefficient (Wildman–Crippen LogP) is 0.261. The number of hydrogen-bond acceptors (Lipinski definition) is 5. The molecular formula is C10H12N4O2S. The SMILES string of the molecule is O=S1(=O)CCC(Cn2nnc3cnccc32)C1. The van der Waals surface area contributed by atoms with Gasteiger partial charge in [0.25, 0.3) is 0 Å². The van der Waals surface area contributed by atoms with Gasteiger partial charge in [0.15, 0.2) is 9.84 Å². The van der Waals surface area contributed by atoms with Crippen molar-refractivity contribution in [2.45, 2.75) is 13.0 Å². The van der Waals surface area contributed by atoms with Crippen molar-refractivity contribution < 1.29 is 8.42 Å². The van der Waals surface area contributed by atoms with Crippen molar-refractivity contribution in [1.82, 2.24) is 20.0 Å². The van der Waals surface area contributed by atoms with E-state index >= 15 is 0 Å². The highest BCUT2D eigenvalue weighted by Gasteiger charge is 2.28. The normalized spacial score (nSPS) is 23.2. The highest BCUT2D eigenvalue weighted by molar-refractivity contribution is 7.91. The van der Waals surface area contributed by atoms with Crippen LogP contribution in [0.5, 0.6) is 0 Å². The molecule has 1 saturated heterocycles. The van der Waals surface area contributed by atoms with Crippen LogP contribution in [0.2, 0.25) is 0 Å². The summed E-state index contributed by atoms with van der Waals surface area (Å²) in [6.45, 7) is 0.611. The van der Waals surface area contributed by atoms with E-state index in [1.54, 1.807) is 17.1 Å². The average Bonchev–Trinajstić information content (AvgIpc) is 2.84. The molecule has 7 heteroatoms. The lowest BCUT2D eigenvalue weighted by Crippen LogP contribution is -2.13. The van der Waals surface area contributed by atoms with Gasteiger partial charge in [-0.25, -0.2) is 13.1 Å². The largest absolute Gasteiger partial charge is 0.262 e. The van der Waals surface area contributed by atoms with Gasteiger partial charge in [0.1, 0.15) is 5.52 Å². The molecule has 0 aliphatic carbocycles. The molecule has 1 aliphatic rings. The maximum absolute atomic E-state index is 11.4. The van der Waals surface area contributed by atoms with Gasteiger partial charge in [-0.3, -0.25) is 4.98 Å². The summed E-state index contributed by atoms with van der Waals surface area (Å²) in [5.74, 6) is 0.712. The Labute approximate surface area is 98.6 Å². The minimum absolute atomic E-state index is 0.151. The van der Waals surface area contributed by atoms with Crippen LogP contribution in [0.1, 0.15) is 6.42 Å². The monoisotopic (exact) mass is 252 g/mol. The number of nitrogens with zero attached hydrogens (tertiary/aromatic N) is 4. The fourth-order valence-electron chi connectivity index (χ4n) is 2.22. The summed E-state index contributed by atoms with van der Waals surface area (Å²) >= 11 is 0. The molecule has 17 heavy (non-hydrogen) atoms. The van der Waals surface area contributed by atoms with Gasteiger partial charge in [-0.1, -0.05) is 5.21 Å². The Morgan fingerprint density at radius 2 is 2.35 bits per heavy atom. The average molecular weight is 252 g/mol. The molecule has 3 rings (SSSR count). The molecule has 1 fully saturated rings. The molecule has 2 aromatic heterocycles. The highest BCUT2D eigenvalue weighted by atomic mass is 32.2. The van der Waals surface area contributed by atoms with Crippen molar-refractivity contribution in [1.29, 1.82) is 0 Å². The fraction of sp³-hybridized carbons (Fsp3) is 0.500. The van der Waals surface area contributed by atoms with Gasteiger partial charge in [-0.15, -0.1) is 5.10 Å². The molecular weight excluding hydrogens is 240 g/mol. The van der Waals surface area contributed by atoms with Crippen molar-refractivity contribution in [2.75, 3.05) is 11.5 Å².